The summed E-state index contributed by atoms with van der Waals surface area (Å²) < 4.78 is 45.9. The third-order valence-electron chi connectivity index (χ3n) is 12.0. The van der Waals surface area contributed by atoms with Gasteiger partial charge >= 0.3 is 7.82 Å². The average molecular weight is 611 g/mol. The van der Waals surface area contributed by atoms with E-state index in [1.807, 2.05) is 0 Å². The number of phosphoric acid groups is 1. The van der Waals surface area contributed by atoms with E-state index >= 15 is 0 Å². The van der Waals surface area contributed by atoms with Gasteiger partial charge in [0, 0.05) is 7.11 Å². The predicted octanol–water partition coefficient (Wildman–Crippen LogP) is 10.3. The van der Waals surface area contributed by atoms with E-state index in [2.05, 4.69) is 6.92 Å². The maximum Gasteiger partial charge on any atom is 0.475 e. The van der Waals surface area contributed by atoms with Crippen molar-refractivity contribution >= 4 is 7.82 Å². The molecule has 42 heavy (non-hydrogen) atoms. The molecule has 244 valence electrons. The summed E-state index contributed by atoms with van der Waals surface area (Å²) >= 11 is 0. The molecule has 0 N–H and O–H groups in total. The highest BCUT2D eigenvalue weighted by Crippen LogP contribution is 2.56. The Kier molecular flexibility index (Phi) is 13.2. The number of methoxy groups -OCH3 is 1. The minimum Gasteiger partial charge on any atom is -0.376 e. The van der Waals surface area contributed by atoms with Crippen LogP contribution < -0.4 is 0 Å². The maximum atomic E-state index is 14.2. The second kappa shape index (κ2) is 16.5. The highest BCUT2D eigenvalue weighted by molar-refractivity contribution is 7.48. The summed E-state index contributed by atoms with van der Waals surface area (Å²) in [5, 5.41) is 0. The van der Waals surface area contributed by atoms with Crippen molar-refractivity contribution in [3.63, 3.8) is 0 Å². The lowest BCUT2D eigenvalue weighted by Gasteiger charge is -2.44. The van der Waals surface area contributed by atoms with Crippen LogP contribution in [0.15, 0.2) is 0 Å². The molecule has 0 spiro atoms. The van der Waals surface area contributed by atoms with E-state index < -0.39 is 13.4 Å². The van der Waals surface area contributed by atoms with Crippen LogP contribution in [-0.2, 0) is 27.6 Å². The number of hydrogen-bond acceptors (Lipinski definition) is 6. The first-order chi connectivity index (χ1) is 20.5. The highest BCUT2D eigenvalue weighted by Gasteiger charge is 2.44. The second-order valence-electron chi connectivity index (χ2n) is 14.6. The smallest absolute Gasteiger partial charge is 0.376 e. The van der Waals surface area contributed by atoms with Gasteiger partial charge in [-0.05, 0) is 101 Å². The average Bonchev–Trinajstić information content (AvgIpc) is 3.04. The molecule has 0 bridgehead atoms. The fourth-order valence-electron chi connectivity index (χ4n) is 9.16. The summed E-state index contributed by atoms with van der Waals surface area (Å²) in [6.07, 6.45) is 29.1. The van der Waals surface area contributed by atoms with Crippen molar-refractivity contribution in [1.82, 2.24) is 0 Å². The third kappa shape index (κ3) is 9.29. The first kappa shape index (κ1) is 33.4. The van der Waals surface area contributed by atoms with Crippen LogP contribution in [0.4, 0.5) is 0 Å². The molecular weight excluding hydrogens is 547 g/mol. The molecule has 0 saturated heterocycles. The molecule has 5 fully saturated rings. The Morgan fingerprint density at radius 3 is 1.50 bits per heavy atom. The van der Waals surface area contributed by atoms with Crippen molar-refractivity contribution in [2.75, 3.05) is 13.7 Å². The zero-order valence-electron chi connectivity index (χ0n) is 27.1. The van der Waals surface area contributed by atoms with Gasteiger partial charge in [0.05, 0.1) is 36.6 Å². The largest absolute Gasteiger partial charge is 0.475 e. The molecule has 5 rings (SSSR count). The van der Waals surface area contributed by atoms with Gasteiger partial charge in [-0.15, -0.1) is 0 Å². The first-order valence-corrected chi connectivity index (χ1v) is 19.8. The number of hydrogen-bond donors (Lipinski definition) is 0. The quantitative estimate of drug-likeness (QED) is 0.193. The zero-order valence-corrected chi connectivity index (χ0v) is 28.0. The highest BCUT2D eigenvalue weighted by atomic mass is 31.2. The van der Waals surface area contributed by atoms with Crippen LogP contribution in [0.25, 0.3) is 0 Å². The molecule has 6 nitrogen and oxygen atoms in total. The van der Waals surface area contributed by atoms with E-state index in [-0.39, 0.29) is 18.8 Å². The van der Waals surface area contributed by atoms with Crippen molar-refractivity contribution in [3.8, 4) is 0 Å². The summed E-state index contributed by atoms with van der Waals surface area (Å²) in [5.41, 5.74) is -0.482. The van der Waals surface area contributed by atoms with Crippen molar-refractivity contribution in [1.29, 1.82) is 0 Å². The van der Waals surface area contributed by atoms with Gasteiger partial charge in [0.1, 0.15) is 0 Å². The van der Waals surface area contributed by atoms with Gasteiger partial charge in [-0.2, -0.15) is 0 Å². The topological polar surface area (TPSA) is 63.2 Å². The van der Waals surface area contributed by atoms with E-state index in [0.29, 0.717) is 18.1 Å². The van der Waals surface area contributed by atoms with Crippen LogP contribution in [0.1, 0.15) is 161 Å². The molecule has 0 amide bonds. The Morgan fingerprint density at radius 1 is 0.571 bits per heavy atom. The summed E-state index contributed by atoms with van der Waals surface area (Å²) in [6, 6.07) is 0. The molecule has 0 aromatic heterocycles. The molecule has 0 radical (unpaired) electrons. The summed E-state index contributed by atoms with van der Waals surface area (Å²) in [4.78, 5) is 0. The molecule has 0 heterocycles. The first-order valence-electron chi connectivity index (χ1n) is 18.3. The van der Waals surface area contributed by atoms with Crippen LogP contribution in [0, 0.1) is 17.8 Å². The van der Waals surface area contributed by atoms with E-state index in [1.165, 1.54) is 70.6 Å². The van der Waals surface area contributed by atoms with Gasteiger partial charge in [0.2, 0.25) is 0 Å². The molecule has 0 aromatic rings. The lowest BCUT2D eigenvalue weighted by Crippen LogP contribution is -2.46. The fraction of sp³-hybridized carbons (Fsp3) is 1.00. The lowest BCUT2D eigenvalue weighted by atomic mass is 9.72. The predicted molar refractivity (Wildman–Crippen MR) is 169 cm³/mol. The van der Waals surface area contributed by atoms with Crippen LogP contribution in [0.5, 0.6) is 0 Å². The fourth-order valence-corrected chi connectivity index (χ4v) is 10.9. The molecule has 0 aromatic carbocycles. The SMILES string of the molecule is CCC(COP(=O)(OC1CCCCC1)OC1CCCCC1)(OC)C1CCC(OC2CCC(C3CCCCC3)CC2)CC1. The van der Waals surface area contributed by atoms with Gasteiger partial charge in [-0.25, -0.2) is 4.57 Å². The van der Waals surface area contributed by atoms with Crippen molar-refractivity contribution < 1.29 is 27.6 Å². The normalized spacial score (nSPS) is 32.9. The minimum absolute atomic E-state index is 0.0305. The number of ether oxygens (including phenoxy) is 2. The molecule has 1 atom stereocenters. The molecule has 0 aliphatic heterocycles. The summed E-state index contributed by atoms with van der Waals surface area (Å²) in [5.74, 6) is 2.30. The third-order valence-corrected chi connectivity index (χ3v) is 13.5. The number of rotatable bonds is 13. The monoisotopic (exact) mass is 610 g/mol. The van der Waals surface area contributed by atoms with E-state index in [4.69, 9.17) is 23.0 Å². The molecule has 5 aliphatic carbocycles. The van der Waals surface area contributed by atoms with Crippen LogP contribution >= 0.6 is 7.82 Å². The number of phosphoric ester groups is 1. The van der Waals surface area contributed by atoms with Crippen molar-refractivity contribution in [3.05, 3.63) is 0 Å². The second-order valence-corrected chi connectivity index (χ2v) is 16.2. The Hall–Kier alpha value is 0.0300. The van der Waals surface area contributed by atoms with E-state index in [9.17, 15) is 4.57 Å². The van der Waals surface area contributed by atoms with Crippen molar-refractivity contribution in [2.45, 2.75) is 191 Å². The Labute approximate surface area is 257 Å². The van der Waals surface area contributed by atoms with Crippen LogP contribution in [-0.4, -0.2) is 43.7 Å². The van der Waals surface area contributed by atoms with Crippen LogP contribution in [0.2, 0.25) is 0 Å². The van der Waals surface area contributed by atoms with E-state index in [0.717, 1.165) is 95.3 Å². The minimum atomic E-state index is -3.69. The molecular formula is C35H63O6P. The Morgan fingerprint density at radius 2 is 1.02 bits per heavy atom. The summed E-state index contributed by atoms with van der Waals surface area (Å²) in [6.45, 7) is 2.44. The lowest BCUT2D eigenvalue weighted by molar-refractivity contribution is -0.125. The molecule has 5 aliphatic rings. The maximum absolute atomic E-state index is 14.2. The van der Waals surface area contributed by atoms with Crippen LogP contribution in [0.3, 0.4) is 0 Å². The van der Waals surface area contributed by atoms with Gasteiger partial charge in [0.25, 0.3) is 0 Å². The Balaban J connectivity index is 1.11. The molecule has 1 unspecified atom stereocenters. The summed E-state index contributed by atoms with van der Waals surface area (Å²) in [7, 11) is -1.89. The Bertz CT molecular complexity index is 774. The molecule has 7 heteroatoms. The van der Waals surface area contributed by atoms with Gasteiger partial charge in [0.15, 0.2) is 0 Å². The van der Waals surface area contributed by atoms with Gasteiger partial charge < -0.3 is 9.47 Å². The molecule has 5 saturated carbocycles. The van der Waals surface area contributed by atoms with E-state index in [1.54, 1.807) is 7.11 Å². The van der Waals surface area contributed by atoms with Gasteiger partial charge in [-0.3, -0.25) is 13.6 Å². The van der Waals surface area contributed by atoms with Gasteiger partial charge in [-0.1, -0.05) is 77.6 Å². The zero-order chi connectivity index (χ0) is 29.3. The van der Waals surface area contributed by atoms with Crippen molar-refractivity contribution in [2.24, 2.45) is 17.8 Å². The standard InChI is InChI=1S/C35H63O6P/c1-3-35(37-2,27-38-42(36,40-33-15-9-5-10-16-33)41-34-17-11-6-12-18-34)30-21-25-32(26-22-30)39-31-23-19-29(20-24-31)28-13-7-4-8-14-28/h28-34H,3-27H2,1-2H3.